The first-order chi connectivity index (χ1) is 8.59. The summed E-state index contributed by atoms with van der Waals surface area (Å²) < 4.78 is 38.7. The zero-order chi connectivity index (χ0) is 14.8. The topological polar surface area (TPSA) is 44.0 Å². The summed E-state index contributed by atoms with van der Waals surface area (Å²) in [6.07, 6.45) is -5.72. The van der Waals surface area contributed by atoms with Crippen LogP contribution in [0.5, 0.6) is 0 Å². The molecule has 1 aromatic rings. The highest BCUT2D eigenvalue weighted by Crippen LogP contribution is 2.39. The van der Waals surface area contributed by atoms with E-state index in [1.165, 1.54) is 18.2 Å². The predicted octanol–water partition coefficient (Wildman–Crippen LogP) is 3.72. The van der Waals surface area contributed by atoms with Crippen LogP contribution in [0.25, 0.3) is 0 Å². The van der Waals surface area contributed by atoms with E-state index < -0.39 is 29.2 Å². The van der Waals surface area contributed by atoms with Gasteiger partial charge in [0.15, 0.2) is 0 Å². The van der Waals surface area contributed by atoms with Crippen molar-refractivity contribution >= 4 is 0 Å². The minimum Gasteiger partial charge on any atom is -0.391 e. The average Bonchev–Trinajstić information content (AvgIpc) is 2.28. The van der Waals surface area contributed by atoms with Crippen molar-refractivity contribution in [3.63, 3.8) is 0 Å². The largest absolute Gasteiger partial charge is 0.416 e. The van der Waals surface area contributed by atoms with Gasteiger partial charge >= 0.3 is 6.18 Å². The first kappa shape index (κ1) is 15.5. The van der Waals surface area contributed by atoms with Crippen LogP contribution in [-0.2, 0) is 6.18 Å². The number of rotatable bonds is 2. The van der Waals surface area contributed by atoms with Crippen LogP contribution in [0.15, 0.2) is 24.3 Å². The van der Waals surface area contributed by atoms with Gasteiger partial charge in [-0.25, -0.2) is 0 Å². The fourth-order valence-electron chi connectivity index (χ4n) is 1.84. The molecule has 2 unspecified atom stereocenters. The Labute approximate surface area is 110 Å². The third-order valence-corrected chi connectivity index (χ3v) is 2.94. The van der Waals surface area contributed by atoms with Crippen molar-refractivity contribution in [3.8, 4) is 6.07 Å². The molecule has 1 N–H and O–H groups in total. The summed E-state index contributed by atoms with van der Waals surface area (Å²) in [6, 6.07) is 6.66. The summed E-state index contributed by atoms with van der Waals surface area (Å²) in [6.45, 7) is 5.04. The Morgan fingerprint density at radius 3 is 2.11 bits per heavy atom. The maximum absolute atomic E-state index is 12.9. The van der Waals surface area contributed by atoms with Crippen LogP contribution in [0.4, 0.5) is 13.2 Å². The number of aliphatic hydroxyl groups excluding tert-OH is 1. The highest BCUT2D eigenvalue weighted by atomic mass is 19.4. The van der Waals surface area contributed by atoms with E-state index in [-0.39, 0.29) is 5.56 Å². The number of nitrogens with zero attached hydrogens (tertiary/aromatic N) is 1. The number of nitriles is 1. The van der Waals surface area contributed by atoms with Gasteiger partial charge in [0.25, 0.3) is 0 Å². The van der Waals surface area contributed by atoms with E-state index in [1.807, 2.05) is 0 Å². The molecule has 0 heterocycles. The number of hydrogen-bond acceptors (Lipinski definition) is 2. The molecule has 0 amide bonds. The molecule has 0 bridgehead atoms. The van der Waals surface area contributed by atoms with Crippen LogP contribution in [-0.4, -0.2) is 11.2 Å². The van der Waals surface area contributed by atoms with E-state index >= 15 is 0 Å². The lowest BCUT2D eigenvalue weighted by Gasteiger charge is -2.30. The number of aliphatic hydroxyl groups is 1. The summed E-state index contributed by atoms with van der Waals surface area (Å²) in [5, 5.41) is 19.2. The van der Waals surface area contributed by atoms with Crippen LogP contribution >= 0.6 is 0 Å². The molecule has 0 saturated heterocycles. The monoisotopic (exact) mass is 271 g/mol. The van der Waals surface area contributed by atoms with Crippen LogP contribution in [0.3, 0.4) is 0 Å². The minimum atomic E-state index is -4.54. The third-order valence-electron chi connectivity index (χ3n) is 2.94. The van der Waals surface area contributed by atoms with Gasteiger partial charge in [0, 0.05) is 0 Å². The summed E-state index contributed by atoms with van der Waals surface area (Å²) >= 11 is 0. The second kappa shape index (κ2) is 5.22. The van der Waals surface area contributed by atoms with Crippen LogP contribution in [0, 0.1) is 16.7 Å². The quantitative estimate of drug-likeness (QED) is 0.890. The summed E-state index contributed by atoms with van der Waals surface area (Å²) in [5.41, 5.74) is -1.73. The van der Waals surface area contributed by atoms with Gasteiger partial charge in [-0.2, -0.15) is 18.4 Å². The first-order valence-electron chi connectivity index (χ1n) is 5.83. The summed E-state index contributed by atoms with van der Waals surface area (Å²) in [7, 11) is 0. The Hall–Kier alpha value is -1.54. The molecule has 1 rings (SSSR count). The number of alkyl halides is 3. The fourth-order valence-corrected chi connectivity index (χ4v) is 1.84. The Bertz CT molecular complexity index is 483. The Balaban J connectivity index is 3.33. The molecule has 0 fully saturated rings. The highest BCUT2D eigenvalue weighted by molar-refractivity contribution is 5.37. The van der Waals surface area contributed by atoms with Gasteiger partial charge in [0.2, 0.25) is 0 Å². The molecule has 5 heteroatoms. The zero-order valence-electron chi connectivity index (χ0n) is 11.0. The van der Waals surface area contributed by atoms with Crippen molar-refractivity contribution in [1.29, 1.82) is 5.26 Å². The molecular formula is C14H16F3NO. The second-order valence-corrected chi connectivity index (χ2v) is 5.50. The van der Waals surface area contributed by atoms with Gasteiger partial charge in [-0.1, -0.05) is 39.0 Å². The van der Waals surface area contributed by atoms with Crippen LogP contribution in [0.2, 0.25) is 0 Å². The molecule has 0 aliphatic carbocycles. The van der Waals surface area contributed by atoms with E-state index in [9.17, 15) is 18.3 Å². The average molecular weight is 271 g/mol. The molecule has 0 spiro atoms. The number of hydrogen-bond donors (Lipinski definition) is 1. The number of benzene rings is 1. The van der Waals surface area contributed by atoms with Gasteiger partial charge in [0.1, 0.15) is 0 Å². The molecule has 0 aliphatic heterocycles. The van der Waals surface area contributed by atoms with Gasteiger partial charge in [-0.15, -0.1) is 0 Å². The zero-order valence-corrected chi connectivity index (χ0v) is 11.0. The molecule has 104 valence electrons. The van der Waals surface area contributed by atoms with Crippen molar-refractivity contribution in [1.82, 2.24) is 0 Å². The van der Waals surface area contributed by atoms with Gasteiger partial charge in [-0.05, 0) is 17.0 Å². The Kier molecular flexibility index (Phi) is 4.26. The second-order valence-electron chi connectivity index (χ2n) is 5.50. The van der Waals surface area contributed by atoms with Crippen molar-refractivity contribution in [2.75, 3.05) is 0 Å². The minimum absolute atomic E-state index is 0.181. The van der Waals surface area contributed by atoms with Gasteiger partial charge in [0.05, 0.1) is 23.7 Å². The molecule has 0 aliphatic rings. The van der Waals surface area contributed by atoms with Crippen LogP contribution in [0.1, 0.15) is 37.8 Å². The normalized spacial score (nSPS) is 15.7. The van der Waals surface area contributed by atoms with Crippen LogP contribution < -0.4 is 0 Å². The summed E-state index contributed by atoms with van der Waals surface area (Å²) in [5.74, 6) is -1.21. The molecule has 2 nitrogen and oxygen atoms in total. The van der Waals surface area contributed by atoms with E-state index in [4.69, 9.17) is 5.26 Å². The number of halogens is 3. The molecule has 0 radical (unpaired) electrons. The maximum Gasteiger partial charge on any atom is 0.416 e. The first-order valence-corrected chi connectivity index (χ1v) is 5.83. The molecule has 1 aromatic carbocycles. The predicted molar refractivity (Wildman–Crippen MR) is 65.3 cm³/mol. The molecule has 0 aromatic heterocycles. The van der Waals surface area contributed by atoms with E-state index in [0.717, 1.165) is 6.07 Å². The van der Waals surface area contributed by atoms with Crippen molar-refractivity contribution in [2.24, 2.45) is 5.41 Å². The van der Waals surface area contributed by atoms with Crippen molar-refractivity contribution in [2.45, 2.75) is 39.0 Å². The van der Waals surface area contributed by atoms with E-state index in [1.54, 1.807) is 26.8 Å². The lowest BCUT2D eigenvalue weighted by atomic mass is 9.78. The van der Waals surface area contributed by atoms with E-state index in [2.05, 4.69) is 0 Å². The van der Waals surface area contributed by atoms with Crippen molar-refractivity contribution in [3.05, 3.63) is 35.4 Å². The van der Waals surface area contributed by atoms with Gasteiger partial charge in [-0.3, -0.25) is 0 Å². The lowest BCUT2D eigenvalue weighted by molar-refractivity contribution is -0.138. The lowest BCUT2D eigenvalue weighted by Crippen LogP contribution is -2.32. The molecule has 19 heavy (non-hydrogen) atoms. The van der Waals surface area contributed by atoms with Crippen molar-refractivity contribution < 1.29 is 18.3 Å². The summed E-state index contributed by atoms with van der Waals surface area (Å²) in [4.78, 5) is 0. The fraction of sp³-hybridized carbons (Fsp3) is 0.500. The SMILES string of the molecule is CC(C)(C)C(O)C(C#N)c1ccccc1C(F)(F)F. The Morgan fingerprint density at radius 1 is 1.16 bits per heavy atom. The molecular weight excluding hydrogens is 255 g/mol. The smallest absolute Gasteiger partial charge is 0.391 e. The third kappa shape index (κ3) is 3.48. The standard InChI is InChI=1S/C14H16F3NO/c1-13(2,3)12(19)10(8-18)9-6-4-5-7-11(9)14(15,16)17/h4-7,10,12,19H,1-3H3. The molecule has 0 saturated carbocycles. The Morgan fingerprint density at radius 2 is 1.68 bits per heavy atom. The van der Waals surface area contributed by atoms with E-state index in [0.29, 0.717) is 0 Å². The maximum atomic E-state index is 12.9. The molecule has 2 atom stereocenters. The highest BCUT2D eigenvalue weighted by Gasteiger charge is 2.39. The van der Waals surface area contributed by atoms with Gasteiger partial charge < -0.3 is 5.11 Å².